The van der Waals surface area contributed by atoms with Crippen LogP contribution >= 0.6 is 22.9 Å². The predicted molar refractivity (Wildman–Crippen MR) is 115 cm³/mol. The molecule has 0 bridgehead atoms. The second kappa shape index (κ2) is 9.67. The lowest BCUT2D eigenvalue weighted by molar-refractivity contribution is 0.0730. The lowest BCUT2D eigenvalue weighted by atomic mass is 10.1. The number of halogens is 1. The van der Waals surface area contributed by atoms with E-state index in [2.05, 4.69) is 0 Å². The van der Waals surface area contributed by atoms with Gasteiger partial charge >= 0.3 is 0 Å². The van der Waals surface area contributed by atoms with Gasteiger partial charge in [0.25, 0.3) is 5.91 Å². The van der Waals surface area contributed by atoms with Gasteiger partial charge in [-0.15, -0.1) is 11.3 Å². The Hall–Kier alpha value is -2.70. The Bertz CT molecular complexity index is 975. The first-order valence-electron chi connectivity index (χ1n) is 8.92. The van der Waals surface area contributed by atoms with Gasteiger partial charge in [-0.1, -0.05) is 35.9 Å². The van der Waals surface area contributed by atoms with Crippen molar-refractivity contribution in [2.45, 2.75) is 13.1 Å². The standard InChI is InChI=1S/C22H22ClNO4S/c1-26-19-9-5-4-7-15(19)13-24(14-17-8-6-10-29-17)22(25)16-11-18(23)21(28-3)20(12-16)27-2/h4-12H,13-14H2,1-3H3. The maximum Gasteiger partial charge on any atom is 0.254 e. The number of thiophene rings is 1. The molecule has 152 valence electrons. The zero-order chi connectivity index (χ0) is 20.8. The Labute approximate surface area is 179 Å². The van der Waals surface area contributed by atoms with E-state index in [0.29, 0.717) is 35.2 Å². The summed E-state index contributed by atoms with van der Waals surface area (Å²) in [4.78, 5) is 16.3. The Morgan fingerprint density at radius 3 is 2.38 bits per heavy atom. The molecule has 7 heteroatoms. The number of rotatable bonds is 8. The first kappa shape index (κ1) is 21.0. The van der Waals surface area contributed by atoms with Crippen LogP contribution in [0.2, 0.25) is 5.02 Å². The summed E-state index contributed by atoms with van der Waals surface area (Å²) < 4.78 is 16.1. The van der Waals surface area contributed by atoms with Gasteiger partial charge in [0.05, 0.1) is 39.4 Å². The molecule has 0 unspecified atom stereocenters. The lowest BCUT2D eigenvalue weighted by Crippen LogP contribution is -2.30. The van der Waals surface area contributed by atoms with Crippen LogP contribution in [0.1, 0.15) is 20.8 Å². The first-order chi connectivity index (χ1) is 14.1. The van der Waals surface area contributed by atoms with Gasteiger partial charge in [-0.25, -0.2) is 0 Å². The number of hydrogen-bond donors (Lipinski definition) is 0. The molecule has 0 aliphatic carbocycles. The van der Waals surface area contributed by atoms with Gasteiger partial charge in [0, 0.05) is 16.0 Å². The van der Waals surface area contributed by atoms with Gasteiger partial charge < -0.3 is 19.1 Å². The third kappa shape index (κ3) is 4.83. The van der Waals surface area contributed by atoms with E-state index >= 15 is 0 Å². The second-order valence-corrected chi connectivity index (χ2v) is 7.69. The smallest absolute Gasteiger partial charge is 0.254 e. The molecule has 3 aromatic rings. The molecule has 3 rings (SSSR count). The van der Waals surface area contributed by atoms with Crippen molar-refractivity contribution in [3.63, 3.8) is 0 Å². The van der Waals surface area contributed by atoms with Crippen molar-refractivity contribution < 1.29 is 19.0 Å². The van der Waals surface area contributed by atoms with Crippen molar-refractivity contribution in [1.82, 2.24) is 4.90 Å². The lowest BCUT2D eigenvalue weighted by Gasteiger charge is -2.24. The number of nitrogens with zero attached hydrogens (tertiary/aromatic N) is 1. The normalized spacial score (nSPS) is 10.5. The van der Waals surface area contributed by atoms with Crippen LogP contribution in [0.25, 0.3) is 0 Å². The Morgan fingerprint density at radius 2 is 1.72 bits per heavy atom. The van der Waals surface area contributed by atoms with Crippen molar-refractivity contribution in [3.05, 3.63) is 74.9 Å². The van der Waals surface area contributed by atoms with Crippen LogP contribution < -0.4 is 14.2 Å². The van der Waals surface area contributed by atoms with Gasteiger partial charge in [0.2, 0.25) is 0 Å². The summed E-state index contributed by atoms with van der Waals surface area (Å²) in [6.45, 7) is 0.868. The highest BCUT2D eigenvalue weighted by Crippen LogP contribution is 2.36. The Kier molecular flexibility index (Phi) is 7.01. The van der Waals surface area contributed by atoms with E-state index in [1.807, 2.05) is 41.8 Å². The minimum Gasteiger partial charge on any atom is -0.496 e. The number of para-hydroxylation sites is 1. The number of carbonyl (C=O) groups excluding carboxylic acids is 1. The van der Waals surface area contributed by atoms with E-state index in [1.54, 1.807) is 35.5 Å². The molecule has 1 amide bonds. The first-order valence-corrected chi connectivity index (χ1v) is 10.2. The van der Waals surface area contributed by atoms with Gasteiger partial charge in [0.15, 0.2) is 11.5 Å². The van der Waals surface area contributed by atoms with E-state index in [-0.39, 0.29) is 5.91 Å². The third-order valence-corrected chi connectivity index (χ3v) is 5.59. The SMILES string of the molecule is COc1ccccc1CN(Cc1cccs1)C(=O)c1cc(Cl)c(OC)c(OC)c1. The zero-order valence-electron chi connectivity index (χ0n) is 16.5. The molecule has 0 aliphatic rings. The molecule has 0 fully saturated rings. The summed E-state index contributed by atoms with van der Waals surface area (Å²) in [6.07, 6.45) is 0. The molecule has 0 N–H and O–H groups in total. The van der Waals surface area contributed by atoms with E-state index < -0.39 is 0 Å². The fourth-order valence-electron chi connectivity index (χ4n) is 3.05. The maximum atomic E-state index is 13.4. The van der Waals surface area contributed by atoms with Crippen LogP contribution in [0, 0.1) is 0 Å². The van der Waals surface area contributed by atoms with Crippen molar-refractivity contribution >= 4 is 28.8 Å². The Balaban J connectivity index is 1.97. The monoisotopic (exact) mass is 431 g/mol. The van der Waals surface area contributed by atoms with Crippen LogP contribution in [-0.2, 0) is 13.1 Å². The van der Waals surface area contributed by atoms with Crippen LogP contribution in [0.15, 0.2) is 53.9 Å². The van der Waals surface area contributed by atoms with Gasteiger partial charge in [-0.05, 0) is 29.6 Å². The number of benzene rings is 2. The average Bonchev–Trinajstić information content (AvgIpc) is 3.25. The molecule has 1 heterocycles. The van der Waals surface area contributed by atoms with Gasteiger partial charge in [-0.2, -0.15) is 0 Å². The number of amides is 1. The third-order valence-electron chi connectivity index (χ3n) is 4.45. The Morgan fingerprint density at radius 1 is 0.966 bits per heavy atom. The van der Waals surface area contributed by atoms with E-state index in [0.717, 1.165) is 16.2 Å². The molecular weight excluding hydrogens is 410 g/mol. The molecule has 2 aromatic carbocycles. The molecule has 0 aliphatic heterocycles. The molecule has 0 atom stereocenters. The summed E-state index contributed by atoms with van der Waals surface area (Å²) in [7, 11) is 4.65. The van der Waals surface area contributed by atoms with E-state index in [4.69, 9.17) is 25.8 Å². The second-order valence-electron chi connectivity index (χ2n) is 6.25. The predicted octanol–water partition coefficient (Wildman–Crippen LogP) is 5.27. The quantitative estimate of drug-likeness (QED) is 0.487. The van der Waals surface area contributed by atoms with Crippen LogP contribution in [0.3, 0.4) is 0 Å². The fraction of sp³-hybridized carbons (Fsp3) is 0.227. The van der Waals surface area contributed by atoms with E-state index in [1.165, 1.54) is 14.2 Å². The molecule has 0 saturated carbocycles. The minimum atomic E-state index is -0.160. The number of methoxy groups -OCH3 is 3. The highest BCUT2D eigenvalue weighted by Gasteiger charge is 2.22. The number of carbonyl (C=O) groups is 1. The van der Waals surface area contributed by atoms with Crippen molar-refractivity contribution in [2.24, 2.45) is 0 Å². The number of hydrogen-bond acceptors (Lipinski definition) is 5. The minimum absolute atomic E-state index is 0.160. The largest absolute Gasteiger partial charge is 0.496 e. The molecular formula is C22H22ClNO4S. The zero-order valence-corrected chi connectivity index (χ0v) is 18.0. The van der Waals surface area contributed by atoms with Crippen LogP contribution in [0.5, 0.6) is 17.2 Å². The topological polar surface area (TPSA) is 48.0 Å². The fourth-order valence-corrected chi connectivity index (χ4v) is 4.06. The molecule has 0 spiro atoms. The van der Waals surface area contributed by atoms with E-state index in [9.17, 15) is 4.79 Å². The molecule has 0 radical (unpaired) electrons. The van der Waals surface area contributed by atoms with Crippen molar-refractivity contribution in [1.29, 1.82) is 0 Å². The van der Waals surface area contributed by atoms with Crippen molar-refractivity contribution in [3.8, 4) is 17.2 Å². The maximum absolute atomic E-state index is 13.4. The van der Waals surface area contributed by atoms with Crippen LogP contribution in [0.4, 0.5) is 0 Å². The molecule has 1 aromatic heterocycles. The van der Waals surface area contributed by atoms with Gasteiger partial charge in [-0.3, -0.25) is 4.79 Å². The highest BCUT2D eigenvalue weighted by molar-refractivity contribution is 7.09. The summed E-state index contributed by atoms with van der Waals surface area (Å²) >= 11 is 7.92. The summed E-state index contributed by atoms with van der Waals surface area (Å²) in [5.41, 5.74) is 1.35. The summed E-state index contributed by atoms with van der Waals surface area (Å²) in [5.74, 6) is 1.39. The highest BCUT2D eigenvalue weighted by atomic mass is 35.5. The summed E-state index contributed by atoms with van der Waals surface area (Å²) in [6, 6.07) is 14.9. The summed E-state index contributed by atoms with van der Waals surface area (Å²) in [5, 5.41) is 2.32. The average molecular weight is 432 g/mol. The molecule has 5 nitrogen and oxygen atoms in total. The van der Waals surface area contributed by atoms with Crippen molar-refractivity contribution in [2.75, 3.05) is 21.3 Å². The molecule has 0 saturated heterocycles. The van der Waals surface area contributed by atoms with Gasteiger partial charge in [0.1, 0.15) is 5.75 Å². The van der Waals surface area contributed by atoms with Crippen LogP contribution in [-0.4, -0.2) is 32.1 Å². The molecule has 29 heavy (non-hydrogen) atoms. The number of ether oxygens (including phenoxy) is 3.